The number of amides is 1. The highest BCUT2D eigenvalue weighted by atomic mass is 16.7. The van der Waals surface area contributed by atoms with Crippen LogP contribution in [-0.4, -0.2) is 37.0 Å². The minimum absolute atomic E-state index is 0.172. The Morgan fingerprint density at radius 1 is 1.11 bits per heavy atom. The Morgan fingerprint density at radius 3 is 2.74 bits per heavy atom. The summed E-state index contributed by atoms with van der Waals surface area (Å²) in [6.07, 6.45) is 1.08. The van der Waals surface area contributed by atoms with Gasteiger partial charge in [-0.15, -0.1) is 0 Å². The molecule has 140 valence electrons. The first-order valence-corrected chi connectivity index (χ1v) is 9.38. The van der Waals surface area contributed by atoms with E-state index in [9.17, 15) is 9.90 Å². The van der Waals surface area contributed by atoms with Crippen LogP contribution in [0, 0.1) is 0 Å². The summed E-state index contributed by atoms with van der Waals surface area (Å²) in [6, 6.07) is 12.8. The van der Waals surface area contributed by atoms with Crippen LogP contribution in [0.1, 0.15) is 40.4 Å². The van der Waals surface area contributed by atoms with Gasteiger partial charge in [0.25, 0.3) is 5.91 Å². The van der Waals surface area contributed by atoms with Crippen LogP contribution < -0.4 is 20.1 Å². The normalized spacial score (nSPS) is 24.6. The lowest BCUT2D eigenvalue weighted by atomic mass is 9.72. The average Bonchev–Trinajstić information content (AvgIpc) is 3.26. The van der Waals surface area contributed by atoms with Crippen LogP contribution in [0.15, 0.2) is 42.5 Å². The summed E-state index contributed by atoms with van der Waals surface area (Å²) in [5.41, 5.74) is 2.38. The Morgan fingerprint density at radius 2 is 1.89 bits per heavy atom. The van der Waals surface area contributed by atoms with E-state index in [-0.39, 0.29) is 18.1 Å². The molecule has 2 aliphatic heterocycles. The molecule has 0 unspecified atom stereocenters. The van der Waals surface area contributed by atoms with Crippen LogP contribution in [0.3, 0.4) is 0 Å². The summed E-state index contributed by atoms with van der Waals surface area (Å²) >= 11 is 0. The second kappa shape index (κ2) is 6.25. The average molecular weight is 366 g/mol. The number of carbonyl (C=O) groups excluding carboxylic acids is 1. The van der Waals surface area contributed by atoms with Crippen molar-refractivity contribution in [2.45, 2.75) is 30.4 Å². The Balaban J connectivity index is 1.45. The lowest BCUT2D eigenvalue weighted by Crippen LogP contribution is -2.48. The summed E-state index contributed by atoms with van der Waals surface area (Å²) in [5.74, 6) is 0.995. The molecule has 1 amide bonds. The fraction of sp³-hybridized carbons (Fsp3) is 0.381. The van der Waals surface area contributed by atoms with Crippen LogP contribution in [0.4, 0.5) is 0 Å². The summed E-state index contributed by atoms with van der Waals surface area (Å²) in [7, 11) is 0. The molecule has 2 heterocycles. The molecule has 1 fully saturated rings. The van der Waals surface area contributed by atoms with Crippen molar-refractivity contribution in [3.63, 3.8) is 0 Å². The maximum absolute atomic E-state index is 12.9. The fourth-order valence-corrected chi connectivity index (χ4v) is 4.73. The zero-order chi connectivity index (χ0) is 18.4. The van der Waals surface area contributed by atoms with Gasteiger partial charge < -0.3 is 25.2 Å². The van der Waals surface area contributed by atoms with E-state index in [1.807, 2.05) is 18.2 Å². The van der Waals surface area contributed by atoms with Gasteiger partial charge in [0, 0.05) is 11.0 Å². The number of aliphatic hydroxyl groups excluding tert-OH is 1. The first-order valence-electron chi connectivity index (χ1n) is 9.38. The lowest BCUT2D eigenvalue weighted by molar-refractivity contribution is 0.0418. The van der Waals surface area contributed by atoms with Crippen molar-refractivity contribution >= 4 is 5.91 Å². The number of carbonyl (C=O) groups is 1. The van der Waals surface area contributed by atoms with E-state index >= 15 is 0 Å². The molecular formula is C21H22N2O4. The predicted molar refractivity (Wildman–Crippen MR) is 99.0 cm³/mol. The van der Waals surface area contributed by atoms with Crippen LogP contribution >= 0.6 is 0 Å². The van der Waals surface area contributed by atoms with Crippen LogP contribution in [0.5, 0.6) is 11.5 Å². The molecule has 1 aliphatic carbocycles. The molecule has 2 aromatic rings. The molecule has 2 aromatic carbocycles. The third-order valence-corrected chi connectivity index (χ3v) is 6.13. The Labute approximate surface area is 157 Å². The summed E-state index contributed by atoms with van der Waals surface area (Å²) in [5, 5.41) is 17.7. The summed E-state index contributed by atoms with van der Waals surface area (Å²) in [6.45, 7) is 1.91. The molecule has 0 bridgehead atoms. The van der Waals surface area contributed by atoms with Crippen LogP contribution in [0.2, 0.25) is 0 Å². The zero-order valence-electron chi connectivity index (χ0n) is 14.9. The van der Waals surface area contributed by atoms with Crippen molar-refractivity contribution < 1.29 is 19.4 Å². The highest BCUT2D eigenvalue weighted by Crippen LogP contribution is 2.50. The number of hydrogen-bond acceptors (Lipinski definition) is 5. The Kier molecular flexibility index (Phi) is 3.84. The van der Waals surface area contributed by atoms with Crippen molar-refractivity contribution in [1.82, 2.24) is 10.6 Å². The standard InChI is InChI=1S/C21H22N2O4/c24-19-18(23-20(25)13-5-6-16-17(11-13)27-12-26-16)14-3-1-2-4-15(14)21(19)7-9-22-10-8-21/h1-6,11,18-19,22,24H,7-10,12H2,(H,23,25)/t18-,19+/m1/s1. The number of piperidine rings is 1. The van der Waals surface area contributed by atoms with Crippen molar-refractivity contribution in [2.24, 2.45) is 0 Å². The van der Waals surface area contributed by atoms with Crippen molar-refractivity contribution in [1.29, 1.82) is 0 Å². The number of fused-ring (bicyclic) bond motifs is 3. The van der Waals surface area contributed by atoms with Gasteiger partial charge >= 0.3 is 0 Å². The predicted octanol–water partition coefficient (Wildman–Crippen LogP) is 1.88. The molecule has 5 rings (SSSR count). The summed E-state index contributed by atoms with van der Waals surface area (Å²) < 4.78 is 10.7. The molecule has 0 aromatic heterocycles. The molecule has 6 heteroatoms. The maximum Gasteiger partial charge on any atom is 0.251 e. The van der Waals surface area contributed by atoms with E-state index in [1.165, 1.54) is 0 Å². The van der Waals surface area contributed by atoms with E-state index in [4.69, 9.17) is 9.47 Å². The topological polar surface area (TPSA) is 79.8 Å². The van der Waals surface area contributed by atoms with Gasteiger partial charge in [0.05, 0.1) is 12.1 Å². The molecule has 1 spiro atoms. The monoisotopic (exact) mass is 366 g/mol. The van der Waals surface area contributed by atoms with Crippen molar-refractivity contribution in [3.8, 4) is 11.5 Å². The first-order chi connectivity index (χ1) is 13.2. The molecular weight excluding hydrogens is 344 g/mol. The minimum atomic E-state index is -0.644. The van der Waals surface area contributed by atoms with Crippen LogP contribution in [-0.2, 0) is 5.41 Å². The molecule has 3 aliphatic rings. The molecule has 6 nitrogen and oxygen atoms in total. The van der Waals surface area contributed by atoms with E-state index in [1.54, 1.807) is 18.2 Å². The van der Waals surface area contributed by atoms with Gasteiger partial charge in [-0.2, -0.15) is 0 Å². The smallest absolute Gasteiger partial charge is 0.251 e. The van der Waals surface area contributed by atoms with E-state index in [0.29, 0.717) is 17.1 Å². The second-order valence-electron chi connectivity index (χ2n) is 7.46. The third kappa shape index (κ3) is 2.51. The molecule has 3 N–H and O–H groups in total. The Bertz CT molecular complexity index is 892. The van der Waals surface area contributed by atoms with E-state index < -0.39 is 12.1 Å². The number of ether oxygens (including phenoxy) is 2. The quantitative estimate of drug-likeness (QED) is 0.756. The molecule has 2 atom stereocenters. The van der Waals surface area contributed by atoms with Gasteiger partial charge in [0.1, 0.15) is 0 Å². The van der Waals surface area contributed by atoms with Gasteiger partial charge in [-0.1, -0.05) is 24.3 Å². The van der Waals surface area contributed by atoms with Gasteiger partial charge in [0.2, 0.25) is 6.79 Å². The molecule has 0 saturated carbocycles. The number of hydrogen-bond donors (Lipinski definition) is 3. The largest absolute Gasteiger partial charge is 0.454 e. The van der Waals surface area contributed by atoms with Gasteiger partial charge in [0.15, 0.2) is 11.5 Å². The molecule has 1 saturated heterocycles. The third-order valence-electron chi connectivity index (χ3n) is 6.13. The number of benzene rings is 2. The highest BCUT2D eigenvalue weighted by Gasteiger charge is 2.52. The second-order valence-corrected chi connectivity index (χ2v) is 7.46. The fourth-order valence-electron chi connectivity index (χ4n) is 4.73. The molecule has 0 radical (unpaired) electrons. The van der Waals surface area contributed by atoms with Crippen molar-refractivity contribution in [2.75, 3.05) is 19.9 Å². The molecule has 27 heavy (non-hydrogen) atoms. The maximum atomic E-state index is 12.9. The Hall–Kier alpha value is -2.57. The number of aliphatic hydroxyl groups is 1. The van der Waals surface area contributed by atoms with E-state index in [2.05, 4.69) is 16.7 Å². The highest BCUT2D eigenvalue weighted by molar-refractivity contribution is 5.95. The van der Waals surface area contributed by atoms with Gasteiger partial charge in [-0.3, -0.25) is 4.79 Å². The zero-order valence-corrected chi connectivity index (χ0v) is 14.9. The van der Waals surface area contributed by atoms with Gasteiger partial charge in [-0.05, 0) is 55.3 Å². The van der Waals surface area contributed by atoms with Crippen LogP contribution in [0.25, 0.3) is 0 Å². The summed E-state index contributed by atoms with van der Waals surface area (Å²) in [4.78, 5) is 12.9. The minimum Gasteiger partial charge on any atom is -0.454 e. The SMILES string of the molecule is O=C(N[C@@H]1c2ccccc2C2(CCNCC2)[C@H]1O)c1ccc2c(c1)OCO2. The number of nitrogens with one attached hydrogen (secondary N) is 2. The first kappa shape index (κ1) is 16.6. The number of rotatable bonds is 2. The van der Waals surface area contributed by atoms with Gasteiger partial charge in [-0.25, -0.2) is 0 Å². The lowest BCUT2D eigenvalue weighted by Gasteiger charge is -2.38. The van der Waals surface area contributed by atoms with Crippen molar-refractivity contribution in [3.05, 3.63) is 59.2 Å². The van der Waals surface area contributed by atoms with E-state index in [0.717, 1.165) is 37.1 Å².